The van der Waals surface area contributed by atoms with Crippen LogP contribution >= 0.6 is 0 Å². The van der Waals surface area contributed by atoms with Crippen molar-refractivity contribution in [3.8, 4) is 0 Å². The number of amides is 1. The van der Waals surface area contributed by atoms with Crippen LogP contribution in [0.5, 0.6) is 0 Å². The van der Waals surface area contributed by atoms with Crippen LogP contribution in [0, 0.1) is 28.6 Å². The minimum absolute atomic E-state index is 0.0470. The van der Waals surface area contributed by atoms with Crippen molar-refractivity contribution in [1.82, 2.24) is 16.0 Å². The van der Waals surface area contributed by atoms with Crippen LogP contribution in [-0.2, 0) is 19.1 Å². The van der Waals surface area contributed by atoms with Gasteiger partial charge in [0.05, 0.1) is 0 Å². The number of alkyl halides is 1. The van der Waals surface area contributed by atoms with Gasteiger partial charge in [0.25, 0.3) is 0 Å². The van der Waals surface area contributed by atoms with Crippen molar-refractivity contribution in [3.63, 3.8) is 0 Å². The first kappa shape index (κ1) is 47.8. The molecule has 0 aromatic rings. The second-order valence-electron chi connectivity index (χ2n) is 18.2. The average Bonchev–Trinajstić information content (AvgIpc) is 3.13. The number of hydrogen-bond acceptors (Lipinski definition) is 6. The number of hydrogen-bond donors (Lipinski definition) is 3. The molecule has 3 N–H and O–H groups in total. The maximum absolute atomic E-state index is 13.9. The molecule has 1 unspecified atom stereocenters. The van der Waals surface area contributed by atoms with Gasteiger partial charge in [-0.25, -0.2) is 4.39 Å². The maximum Gasteiger partial charge on any atom is 0.249 e. The molecular formula is C46H80FN3O4. The summed E-state index contributed by atoms with van der Waals surface area (Å²) in [4.78, 5) is 35.3. The third-order valence-corrected chi connectivity index (χ3v) is 12.7. The second-order valence-corrected chi connectivity index (χ2v) is 18.2. The molecule has 8 heteroatoms. The van der Waals surface area contributed by atoms with Crippen LogP contribution in [-0.4, -0.2) is 56.5 Å². The third kappa shape index (κ3) is 15.3. The van der Waals surface area contributed by atoms with Crippen molar-refractivity contribution in [1.29, 1.82) is 0 Å². The first-order valence-corrected chi connectivity index (χ1v) is 21.5. The summed E-state index contributed by atoms with van der Waals surface area (Å²) < 4.78 is 19.8. The number of nitrogens with one attached hydrogen (secondary N) is 3. The van der Waals surface area contributed by atoms with Crippen molar-refractivity contribution in [2.75, 3.05) is 13.7 Å². The van der Waals surface area contributed by atoms with Crippen molar-refractivity contribution in [2.45, 2.75) is 195 Å². The quantitative estimate of drug-likeness (QED) is 0.102. The molecule has 310 valence electrons. The smallest absolute Gasteiger partial charge is 0.249 e. The Bertz CT molecular complexity index is 1230. The Labute approximate surface area is 329 Å². The van der Waals surface area contributed by atoms with E-state index in [9.17, 15) is 14.0 Å². The SMILES string of the molecule is C=C1NC(C(C)(C)CCC(=O)CC(C)(CC(C)C)[C@H](CC)CCC[C@H](OCCC)C(=O)NC2CCC(NC)CC2)=C(C)C=C1CC1CCC(F)CC1.C=O. The number of halogens is 1. The molecule has 0 bridgehead atoms. The summed E-state index contributed by atoms with van der Waals surface area (Å²) in [5.74, 6) is 1.81. The monoisotopic (exact) mass is 758 g/mol. The molecule has 3 rings (SSSR count). The Hall–Kier alpha value is -2.32. The van der Waals surface area contributed by atoms with E-state index < -0.39 is 12.3 Å². The molecule has 7 nitrogen and oxygen atoms in total. The summed E-state index contributed by atoms with van der Waals surface area (Å²) >= 11 is 0. The minimum Gasteiger partial charge on any atom is -0.368 e. The molecule has 2 saturated carbocycles. The molecule has 0 radical (unpaired) electrons. The van der Waals surface area contributed by atoms with Crippen LogP contribution in [0.3, 0.4) is 0 Å². The van der Waals surface area contributed by atoms with Crippen LogP contribution in [0.25, 0.3) is 0 Å². The largest absolute Gasteiger partial charge is 0.368 e. The zero-order valence-electron chi connectivity index (χ0n) is 36.0. The molecule has 0 spiro atoms. The molecule has 1 aliphatic heterocycles. The van der Waals surface area contributed by atoms with Gasteiger partial charge in [0, 0.05) is 48.3 Å². The number of carbonyl (C=O) groups is 3. The summed E-state index contributed by atoms with van der Waals surface area (Å²) in [7, 11) is 2.02. The van der Waals surface area contributed by atoms with Crippen LogP contribution in [0.2, 0.25) is 0 Å². The summed E-state index contributed by atoms with van der Waals surface area (Å²) in [5.41, 5.74) is 4.27. The lowest BCUT2D eigenvalue weighted by atomic mass is 9.65. The zero-order chi connectivity index (χ0) is 40.5. The van der Waals surface area contributed by atoms with Gasteiger partial charge in [-0.2, -0.15) is 0 Å². The average molecular weight is 758 g/mol. The van der Waals surface area contributed by atoms with Gasteiger partial charge < -0.3 is 25.5 Å². The highest BCUT2D eigenvalue weighted by molar-refractivity contribution is 5.81. The molecule has 3 aliphatic rings. The number of ether oxygens (including phenoxy) is 1. The van der Waals surface area contributed by atoms with E-state index in [0.717, 1.165) is 101 Å². The van der Waals surface area contributed by atoms with Gasteiger partial charge >= 0.3 is 0 Å². The fraction of sp³-hybridized carbons (Fsp3) is 0.804. The first-order chi connectivity index (χ1) is 25.6. The fourth-order valence-electron chi connectivity index (χ4n) is 9.67. The Morgan fingerprint density at radius 2 is 1.63 bits per heavy atom. The molecule has 2 aliphatic carbocycles. The first-order valence-electron chi connectivity index (χ1n) is 21.5. The topological polar surface area (TPSA) is 96.5 Å². The Morgan fingerprint density at radius 1 is 1.00 bits per heavy atom. The van der Waals surface area contributed by atoms with Crippen molar-refractivity contribution in [3.05, 3.63) is 35.2 Å². The van der Waals surface area contributed by atoms with E-state index in [1.54, 1.807) is 0 Å². The summed E-state index contributed by atoms with van der Waals surface area (Å²) in [6.07, 6.45) is 17.1. The van der Waals surface area contributed by atoms with E-state index in [4.69, 9.17) is 9.53 Å². The molecule has 0 aromatic carbocycles. The Balaban J connectivity index is 0.00000495. The van der Waals surface area contributed by atoms with Crippen LogP contribution in [0.1, 0.15) is 171 Å². The maximum atomic E-state index is 13.9. The lowest BCUT2D eigenvalue weighted by Gasteiger charge is -2.39. The van der Waals surface area contributed by atoms with Gasteiger partial charge in [-0.3, -0.25) is 9.59 Å². The van der Waals surface area contributed by atoms with E-state index in [-0.39, 0.29) is 22.8 Å². The van der Waals surface area contributed by atoms with Gasteiger partial charge in [-0.1, -0.05) is 74.0 Å². The highest BCUT2D eigenvalue weighted by atomic mass is 19.1. The molecule has 0 aromatic heterocycles. The number of ketones is 1. The molecule has 1 amide bonds. The van der Waals surface area contributed by atoms with Crippen molar-refractivity contribution >= 4 is 18.5 Å². The highest BCUT2D eigenvalue weighted by Crippen LogP contribution is 2.44. The van der Waals surface area contributed by atoms with E-state index in [2.05, 4.69) is 84.0 Å². The number of dihydropyridines is 1. The zero-order valence-corrected chi connectivity index (χ0v) is 36.0. The summed E-state index contributed by atoms with van der Waals surface area (Å²) in [6.45, 7) is 24.9. The third-order valence-electron chi connectivity index (χ3n) is 12.7. The number of Topliss-reactive ketones (excluding diaryl/α,β-unsaturated/α-hetero) is 1. The van der Waals surface area contributed by atoms with Gasteiger partial charge in [0.2, 0.25) is 5.91 Å². The van der Waals surface area contributed by atoms with Crippen LogP contribution in [0.4, 0.5) is 4.39 Å². The van der Waals surface area contributed by atoms with Gasteiger partial charge in [0.1, 0.15) is 24.8 Å². The number of rotatable bonds is 22. The van der Waals surface area contributed by atoms with Gasteiger partial charge in [-0.15, -0.1) is 0 Å². The van der Waals surface area contributed by atoms with Crippen molar-refractivity contribution < 1.29 is 23.5 Å². The molecule has 0 saturated heterocycles. The second kappa shape index (κ2) is 23.7. The number of carbonyl (C=O) groups excluding carboxylic acids is 3. The van der Waals surface area contributed by atoms with E-state index in [1.165, 1.54) is 11.1 Å². The molecular weight excluding hydrogens is 678 g/mol. The molecule has 54 heavy (non-hydrogen) atoms. The van der Waals surface area contributed by atoms with Crippen molar-refractivity contribution in [2.24, 2.45) is 28.6 Å². The predicted octanol–water partition coefficient (Wildman–Crippen LogP) is 10.5. The fourth-order valence-corrected chi connectivity index (χ4v) is 9.67. The Morgan fingerprint density at radius 3 is 2.20 bits per heavy atom. The minimum atomic E-state index is -0.633. The van der Waals surface area contributed by atoms with Gasteiger partial charge in [-0.05, 0) is 138 Å². The molecule has 3 atom stereocenters. The van der Waals surface area contributed by atoms with E-state index >= 15 is 0 Å². The van der Waals surface area contributed by atoms with E-state index in [0.29, 0.717) is 61.9 Å². The lowest BCUT2D eigenvalue weighted by molar-refractivity contribution is -0.134. The summed E-state index contributed by atoms with van der Waals surface area (Å²) in [6, 6.07) is 0.789. The van der Waals surface area contributed by atoms with Crippen LogP contribution < -0.4 is 16.0 Å². The van der Waals surface area contributed by atoms with Crippen LogP contribution in [0.15, 0.2) is 35.2 Å². The van der Waals surface area contributed by atoms with E-state index in [1.807, 2.05) is 13.8 Å². The Kier molecular flexibility index (Phi) is 21.0. The standard InChI is InChI=1S/C45H78FN3O3.CH2O/c1-11-26-52-41(43(51)49-39-22-20-38(47-10)21-23-39)15-13-14-36(12-2)45(9,29-31(3)4)30-40(50)24-25-44(7,8)42-32(5)27-35(33(6)48-42)28-34-16-18-37(46)19-17-34;1-2/h27,31,34,36-39,41,47-48H,6,11-26,28-30H2,1-5,7-10H3,(H,49,51);1H2/t34?,36-,37?,38?,39?,41+,45?;/m1./s1. The summed E-state index contributed by atoms with van der Waals surface area (Å²) in [5, 5.41) is 10.3. The highest BCUT2D eigenvalue weighted by Gasteiger charge is 2.37. The lowest BCUT2D eigenvalue weighted by Crippen LogP contribution is -2.46. The van der Waals surface area contributed by atoms with Gasteiger partial charge in [0.15, 0.2) is 0 Å². The predicted molar refractivity (Wildman–Crippen MR) is 223 cm³/mol. The molecule has 1 heterocycles. The normalized spacial score (nSPS) is 24.4. The molecule has 2 fully saturated rings. The number of allylic oxidation sites excluding steroid dienone is 4.